The largest absolute Gasteiger partial charge is 0.497 e. The number of aromatic nitrogens is 4. The number of anilines is 1. The van der Waals surface area contributed by atoms with E-state index < -0.39 is 0 Å². The van der Waals surface area contributed by atoms with Crippen molar-refractivity contribution >= 4 is 11.9 Å². The summed E-state index contributed by atoms with van der Waals surface area (Å²) in [6.45, 7) is 1.75. The molecule has 0 radical (unpaired) electrons. The molecule has 0 unspecified atom stereocenters. The van der Waals surface area contributed by atoms with Crippen LogP contribution in [0.5, 0.6) is 11.6 Å². The van der Waals surface area contributed by atoms with Crippen LogP contribution in [0.15, 0.2) is 30.6 Å². The first-order valence-corrected chi connectivity index (χ1v) is 8.98. The molecule has 0 saturated carbocycles. The van der Waals surface area contributed by atoms with Crippen molar-refractivity contribution in [2.45, 2.75) is 19.4 Å². The zero-order valence-corrected chi connectivity index (χ0v) is 16.3. The first-order chi connectivity index (χ1) is 14.0. The maximum atomic E-state index is 12.8. The number of nitrogens with one attached hydrogen (secondary N) is 1. The number of ether oxygens (including phenoxy) is 2. The highest BCUT2D eigenvalue weighted by Gasteiger charge is 2.31. The van der Waals surface area contributed by atoms with Crippen molar-refractivity contribution in [3.05, 3.63) is 53.1 Å². The molecule has 0 aliphatic carbocycles. The fourth-order valence-electron chi connectivity index (χ4n) is 3.53. The third-order valence-electron chi connectivity index (χ3n) is 4.84. The van der Waals surface area contributed by atoms with Gasteiger partial charge < -0.3 is 20.5 Å². The minimum atomic E-state index is -0.346. The van der Waals surface area contributed by atoms with E-state index in [1.807, 2.05) is 18.2 Å². The lowest BCUT2D eigenvalue weighted by molar-refractivity contribution is 0.0922. The summed E-state index contributed by atoms with van der Waals surface area (Å²) >= 11 is 0. The predicted molar refractivity (Wildman–Crippen MR) is 106 cm³/mol. The van der Waals surface area contributed by atoms with E-state index in [2.05, 4.69) is 25.3 Å². The van der Waals surface area contributed by atoms with Gasteiger partial charge in [0.1, 0.15) is 5.75 Å². The van der Waals surface area contributed by atoms with Gasteiger partial charge in [-0.05, 0) is 30.7 Å². The third-order valence-corrected chi connectivity index (χ3v) is 4.84. The summed E-state index contributed by atoms with van der Waals surface area (Å²) in [5.74, 6) is 0.981. The zero-order chi connectivity index (χ0) is 20.5. The average Bonchev–Trinajstić information content (AvgIpc) is 2.72. The number of carbonyl (C=O) groups is 1. The van der Waals surface area contributed by atoms with Crippen LogP contribution in [0.3, 0.4) is 0 Å². The molecule has 3 N–H and O–H groups in total. The van der Waals surface area contributed by atoms with Gasteiger partial charge >= 0.3 is 0 Å². The van der Waals surface area contributed by atoms with Gasteiger partial charge in [-0.3, -0.25) is 9.78 Å². The number of nitrogens with zero attached hydrogens (tertiary/aromatic N) is 4. The molecule has 4 rings (SSSR count). The van der Waals surface area contributed by atoms with E-state index in [1.54, 1.807) is 20.2 Å². The van der Waals surface area contributed by atoms with Crippen LogP contribution in [0.1, 0.15) is 33.4 Å². The highest BCUT2D eigenvalue weighted by molar-refractivity contribution is 5.98. The van der Waals surface area contributed by atoms with Gasteiger partial charge in [-0.1, -0.05) is 0 Å². The Morgan fingerprint density at radius 1 is 1.14 bits per heavy atom. The molecule has 1 atom stereocenters. The Balaban J connectivity index is 1.82. The standard InChI is InChI=1S/C20H20N6O3/c1-10-18-15(26-20(21)23-10)7-14(25-19(18)27)13-6-11(28-2)4-5-12(13)16-8-22-9-17(24-16)29-3/h4-6,8-9,14H,7H2,1-3H3,(H,25,27)(H2,21,23,26)/t14-/m1/s1. The molecule has 0 bridgehead atoms. The quantitative estimate of drug-likeness (QED) is 0.689. The van der Waals surface area contributed by atoms with E-state index in [0.29, 0.717) is 40.7 Å². The Morgan fingerprint density at radius 2 is 1.97 bits per heavy atom. The summed E-state index contributed by atoms with van der Waals surface area (Å²) in [7, 11) is 3.13. The summed E-state index contributed by atoms with van der Waals surface area (Å²) < 4.78 is 10.6. The maximum absolute atomic E-state index is 12.8. The number of hydrogen-bond donors (Lipinski definition) is 2. The van der Waals surface area contributed by atoms with E-state index in [1.165, 1.54) is 13.3 Å². The van der Waals surface area contributed by atoms with Crippen molar-refractivity contribution in [2.24, 2.45) is 0 Å². The van der Waals surface area contributed by atoms with Gasteiger partial charge in [0.2, 0.25) is 11.8 Å². The second-order valence-corrected chi connectivity index (χ2v) is 6.62. The highest BCUT2D eigenvalue weighted by Crippen LogP contribution is 2.35. The number of amides is 1. The summed E-state index contributed by atoms with van der Waals surface area (Å²) in [6.07, 6.45) is 3.65. The van der Waals surface area contributed by atoms with Crippen molar-refractivity contribution in [3.8, 4) is 22.9 Å². The normalized spacial score (nSPS) is 15.4. The second kappa shape index (κ2) is 7.34. The fraction of sp³-hybridized carbons (Fsp3) is 0.250. The van der Waals surface area contributed by atoms with Crippen molar-refractivity contribution < 1.29 is 14.3 Å². The van der Waals surface area contributed by atoms with Gasteiger partial charge in [0.25, 0.3) is 5.91 Å². The molecule has 2 aromatic heterocycles. The molecule has 1 amide bonds. The molecular formula is C20H20N6O3. The highest BCUT2D eigenvalue weighted by atomic mass is 16.5. The monoisotopic (exact) mass is 392 g/mol. The first kappa shape index (κ1) is 18.6. The van der Waals surface area contributed by atoms with Gasteiger partial charge in [0, 0.05) is 12.0 Å². The van der Waals surface area contributed by atoms with Gasteiger partial charge in [-0.25, -0.2) is 15.0 Å². The summed E-state index contributed by atoms with van der Waals surface area (Å²) in [4.78, 5) is 29.9. The summed E-state index contributed by atoms with van der Waals surface area (Å²) in [5.41, 5.74) is 9.73. The van der Waals surface area contributed by atoms with Crippen LogP contribution in [-0.4, -0.2) is 40.1 Å². The SMILES string of the molecule is COc1ccc(-c2cncc(OC)n2)c([C@H]2Cc3nc(N)nc(C)c3C(=O)N2)c1. The lowest BCUT2D eigenvalue weighted by atomic mass is 9.90. The molecule has 3 heterocycles. The van der Waals surface area contributed by atoms with Crippen molar-refractivity contribution in [1.82, 2.24) is 25.3 Å². The Hall–Kier alpha value is -3.75. The van der Waals surface area contributed by atoms with E-state index in [-0.39, 0.29) is 17.9 Å². The van der Waals surface area contributed by atoms with Crippen LogP contribution in [0.2, 0.25) is 0 Å². The van der Waals surface area contributed by atoms with Crippen LogP contribution in [0, 0.1) is 6.92 Å². The Kier molecular flexibility index (Phi) is 4.71. The number of benzene rings is 1. The van der Waals surface area contributed by atoms with Crippen LogP contribution in [0.4, 0.5) is 5.95 Å². The van der Waals surface area contributed by atoms with Crippen molar-refractivity contribution in [2.75, 3.05) is 20.0 Å². The first-order valence-electron chi connectivity index (χ1n) is 8.98. The maximum Gasteiger partial charge on any atom is 0.255 e. The molecule has 3 aromatic rings. The van der Waals surface area contributed by atoms with Gasteiger partial charge in [0.05, 0.1) is 55.3 Å². The molecule has 148 valence electrons. The van der Waals surface area contributed by atoms with Crippen molar-refractivity contribution in [1.29, 1.82) is 0 Å². The molecule has 0 spiro atoms. The number of rotatable bonds is 4. The lowest BCUT2D eigenvalue weighted by Crippen LogP contribution is -2.37. The minimum absolute atomic E-state index is 0.152. The van der Waals surface area contributed by atoms with Gasteiger partial charge in [-0.2, -0.15) is 0 Å². The Morgan fingerprint density at radius 3 is 2.72 bits per heavy atom. The van der Waals surface area contributed by atoms with E-state index in [0.717, 1.165) is 11.1 Å². The number of methoxy groups -OCH3 is 2. The van der Waals surface area contributed by atoms with E-state index in [4.69, 9.17) is 15.2 Å². The number of aryl methyl sites for hydroxylation is 1. The van der Waals surface area contributed by atoms with Gasteiger partial charge in [0.15, 0.2) is 0 Å². The second-order valence-electron chi connectivity index (χ2n) is 6.62. The molecule has 1 aromatic carbocycles. The molecular weight excluding hydrogens is 372 g/mol. The smallest absolute Gasteiger partial charge is 0.255 e. The summed E-state index contributed by atoms with van der Waals surface area (Å²) in [5, 5.41) is 3.04. The molecule has 1 aliphatic rings. The van der Waals surface area contributed by atoms with E-state index in [9.17, 15) is 4.79 Å². The summed E-state index contributed by atoms with van der Waals surface area (Å²) in [6, 6.07) is 5.26. The fourth-order valence-corrected chi connectivity index (χ4v) is 3.53. The van der Waals surface area contributed by atoms with Crippen LogP contribution in [-0.2, 0) is 6.42 Å². The number of hydrogen-bond acceptors (Lipinski definition) is 8. The molecule has 9 nitrogen and oxygen atoms in total. The number of carbonyl (C=O) groups excluding carboxylic acids is 1. The Bertz CT molecular complexity index is 1100. The Labute approximate surface area is 167 Å². The minimum Gasteiger partial charge on any atom is -0.497 e. The average molecular weight is 392 g/mol. The zero-order valence-electron chi connectivity index (χ0n) is 16.3. The van der Waals surface area contributed by atoms with Crippen molar-refractivity contribution in [3.63, 3.8) is 0 Å². The molecule has 0 fully saturated rings. The number of nitrogens with two attached hydrogens (primary N) is 1. The predicted octanol–water partition coefficient (Wildman–Crippen LogP) is 1.87. The molecule has 0 saturated heterocycles. The molecule has 1 aliphatic heterocycles. The number of fused-ring (bicyclic) bond motifs is 1. The molecule has 29 heavy (non-hydrogen) atoms. The van der Waals surface area contributed by atoms with E-state index >= 15 is 0 Å². The van der Waals surface area contributed by atoms with Crippen LogP contribution < -0.4 is 20.5 Å². The third kappa shape index (κ3) is 3.42. The lowest BCUT2D eigenvalue weighted by Gasteiger charge is -2.28. The number of nitrogen functional groups attached to an aromatic ring is 1. The van der Waals surface area contributed by atoms with Crippen LogP contribution >= 0.6 is 0 Å². The molecule has 9 heteroatoms. The topological polar surface area (TPSA) is 125 Å². The van der Waals surface area contributed by atoms with Crippen LogP contribution in [0.25, 0.3) is 11.3 Å². The van der Waals surface area contributed by atoms with Gasteiger partial charge in [-0.15, -0.1) is 0 Å².